The molecule has 2 heteroatoms. The van der Waals surface area contributed by atoms with Gasteiger partial charge < -0.3 is 0 Å². The Morgan fingerprint density at radius 2 is 1.58 bits per heavy atom. The molecule has 0 amide bonds. The van der Waals surface area contributed by atoms with Crippen LogP contribution in [-0.2, 0) is 0 Å². The fraction of sp³-hybridized carbons (Fsp3) is 0.900. The van der Waals surface area contributed by atoms with Gasteiger partial charge in [-0.3, -0.25) is 0 Å². The van der Waals surface area contributed by atoms with Gasteiger partial charge in [0.1, 0.15) is 0 Å². The van der Waals surface area contributed by atoms with E-state index in [1.807, 2.05) is 0 Å². The van der Waals surface area contributed by atoms with Crippen molar-refractivity contribution in [2.45, 2.75) is 49.8 Å². The van der Waals surface area contributed by atoms with Crippen molar-refractivity contribution in [3.8, 4) is 0 Å². The molecule has 0 bridgehead atoms. The van der Waals surface area contributed by atoms with Gasteiger partial charge in [-0.15, -0.1) is 0 Å². The quantitative estimate of drug-likeness (QED) is 0.450. The minimum Gasteiger partial charge on any atom is -0.0916 e. The number of halogens is 2. The zero-order valence-corrected chi connectivity index (χ0v) is 10.9. The molecule has 0 N–H and O–H groups in total. The van der Waals surface area contributed by atoms with Crippen LogP contribution in [0.25, 0.3) is 0 Å². The predicted octanol–water partition coefficient (Wildman–Crippen LogP) is 4.71. The van der Waals surface area contributed by atoms with Gasteiger partial charge >= 0.3 is 0 Å². The second kappa shape index (κ2) is 10.0. The first kappa shape index (κ1) is 13.0. The first-order chi connectivity index (χ1) is 5.81. The monoisotopic (exact) mass is 297 g/mol. The van der Waals surface area contributed by atoms with E-state index in [0.717, 1.165) is 11.8 Å². The van der Waals surface area contributed by atoms with E-state index in [9.17, 15) is 0 Å². The van der Waals surface area contributed by atoms with Crippen molar-refractivity contribution in [1.82, 2.24) is 0 Å². The lowest BCUT2D eigenvalue weighted by atomic mass is 10.1. The Morgan fingerprint density at radius 1 is 1.00 bits per heavy atom. The normalized spacial score (nSPS) is 13.2. The summed E-state index contributed by atoms with van der Waals surface area (Å²) in [5.41, 5.74) is 0. The second-order valence-electron chi connectivity index (χ2n) is 3.16. The zero-order valence-electron chi connectivity index (χ0n) is 7.70. The highest BCUT2D eigenvalue weighted by atomic mass is 79.9. The van der Waals surface area contributed by atoms with Gasteiger partial charge in [0.05, 0.1) is 0 Å². The average Bonchev–Trinajstić information content (AvgIpc) is 2.10. The molecule has 0 fully saturated rings. The summed E-state index contributed by atoms with van der Waals surface area (Å²) >= 11 is 7.06. The van der Waals surface area contributed by atoms with E-state index in [0.29, 0.717) is 4.83 Å². The molecule has 0 saturated heterocycles. The molecule has 0 saturated carbocycles. The van der Waals surface area contributed by atoms with Crippen LogP contribution in [0.5, 0.6) is 0 Å². The fourth-order valence-electron chi connectivity index (χ4n) is 1.15. The van der Waals surface area contributed by atoms with Gasteiger partial charge in [-0.05, 0) is 6.42 Å². The van der Waals surface area contributed by atoms with Crippen LogP contribution < -0.4 is 0 Å². The topological polar surface area (TPSA) is 0 Å². The maximum absolute atomic E-state index is 3.83. The average molecular weight is 299 g/mol. The van der Waals surface area contributed by atoms with Crippen LogP contribution in [0.2, 0.25) is 0 Å². The smallest absolute Gasteiger partial charge is 0.0242 e. The van der Waals surface area contributed by atoms with E-state index in [4.69, 9.17) is 0 Å². The number of alkyl halides is 2. The maximum atomic E-state index is 3.83. The lowest BCUT2D eigenvalue weighted by molar-refractivity contribution is 0.599. The fourth-order valence-corrected chi connectivity index (χ4v) is 1.80. The molecule has 1 unspecified atom stereocenters. The third-order valence-electron chi connectivity index (χ3n) is 1.93. The van der Waals surface area contributed by atoms with Gasteiger partial charge in [0, 0.05) is 10.2 Å². The molecule has 0 aliphatic heterocycles. The Bertz CT molecular complexity index is 83.9. The summed E-state index contributed by atoms with van der Waals surface area (Å²) in [6, 6.07) is 0. The highest BCUT2D eigenvalue weighted by molar-refractivity contribution is 9.12. The Kier molecular flexibility index (Phi) is 10.8. The van der Waals surface area contributed by atoms with Gasteiger partial charge in [0.25, 0.3) is 0 Å². The first-order valence-electron chi connectivity index (χ1n) is 4.80. The summed E-state index contributed by atoms with van der Waals surface area (Å²) in [7, 11) is 0. The molecule has 1 radical (unpaired) electrons. The van der Waals surface area contributed by atoms with Crippen molar-refractivity contribution in [2.75, 3.05) is 5.33 Å². The maximum Gasteiger partial charge on any atom is 0.0242 e. The molecule has 0 aliphatic carbocycles. The number of hydrogen-bond donors (Lipinski definition) is 0. The third kappa shape index (κ3) is 9.05. The van der Waals surface area contributed by atoms with E-state index < -0.39 is 0 Å². The van der Waals surface area contributed by atoms with E-state index in [2.05, 4.69) is 38.8 Å². The summed E-state index contributed by atoms with van der Waals surface area (Å²) < 4.78 is 0. The van der Waals surface area contributed by atoms with E-state index in [1.54, 1.807) is 0 Å². The molecule has 0 aromatic rings. The molecule has 0 aromatic carbocycles. The Hall–Kier alpha value is 0.960. The highest BCUT2D eigenvalue weighted by Crippen LogP contribution is 2.14. The van der Waals surface area contributed by atoms with Crippen LogP contribution in [0, 0.1) is 6.92 Å². The van der Waals surface area contributed by atoms with Crippen LogP contribution in [0.3, 0.4) is 0 Å². The van der Waals surface area contributed by atoms with Gasteiger partial charge in [-0.2, -0.15) is 0 Å². The molecule has 0 rings (SSSR count). The van der Waals surface area contributed by atoms with E-state index >= 15 is 0 Å². The number of unbranched alkanes of at least 4 members (excludes halogenated alkanes) is 5. The SMILES string of the molecule is [CH2]CCCCCCCC(Br)CBr. The lowest BCUT2D eigenvalue weighted by Gasteiger charge is -2.04. The van der Waals surface area contributed by atoms with Crippen molar-refractivity contribution in [2.24, 2.45) is 0 Å². The van der Waals surface area contributed by atoms with Crippen molar-refractivity contribution in [1.29, 1.82) is 0 Å². The van der Waals surface area contributed by atoms with Crippen molar-refractivity contribution in [3.05, 3.63) is 6.92 Å². The predicted molar refractivity (Wildman–Crippen MR) is 64.2 cm³/mol. The van der Waals surface area contributed by atoms with Crippen molar-refractivity contribution >= 4 is 31.9 Å². The Morgan fingerprint density at radius 3 is 2.17 bits per heavy atom. The Balaban J connectivity index is 2.90. The van der Waals surface area contributed by atoms with E-state index in [1.165, 1.54) is 38.5 Å². The van der Waals surface area contributed by atoms with Crippen molar-refractivity contribution < 1.29 is 0 Å². The largest absolute Gasteiger partial charge is 0.0916 e. The first-order valence-corrected chi connectivity index (χ1v) is 6.84. The molecule has 1 atom stereocenters. The highest BCUT2D eigenvalue weighted by Gasteiger charge is 1.99. The van der Waals surface area contributed by atoms with Crippen LogP contribution in [0.15, 0.2) is 0 Å². The Labute approximate surface area is 93.8 Å². The van der Waals surface area contributed by atoms with Gasteiger partial charge in [0.2, 0.25) is 0 Å². The molecule has 0 spiro atoms. The van der Waals surface area contributed by atoms with Crippen LogP contribution >= 0.6 is 31.9 Å². The third-order valence-corrected chi connectivity index (χ3v) is 4.37. The summed E-state index contributed by atoms with van der Waals surface area (Å²) in [6.07, 6.45) is 9.20. The lowest BCUT2D eigenvalue weighted by Crippen LogP contribution is -1.97. The van der Waals surface area contributed by atoms with Crippen LogP contribution in [-0.4, -0.2) is 10.2 Å². The molecule has 0 nitrogen and oxygen atoms in total. The molecule has 0 aromatic heterocycles. The molecular weight excluding hydrogens is 280 g/mol. The molecule has 12 heavy (non-hydrogen) atoms. The standard InChI is InChI=1S/C10H19Br2/c1-2-3-4-5-6-7-8-10(12)9-11/h10H,1-9H2. The van der Waals surface area contributed by atoms with E-state index in [-0.39, 0.29) is 0 Å². The minimum atomic E-state index is 0.672. The molecule has 0 heterocycles. The van der Waals surface area contributed by atoms with Crippen molar-refractivity contribution in [3.63, 3.8) is 0 Å². The summed E-state index contributed by atoms with van der Waals surface area (Å²) in [5, 5.41) is 1.08. The van der Waals surface area contributed by atoms with Crippen LogP contribution in [0.1, 0.15) is 44.9 Å². The summed E-state index contributed by atoms with van der Waals surface area (Å²) in [5.74, 6) is 0. The second-order valence-corrected chi connectivity index (χ2v) is 5.10. The molecule has 73 valence electrons. The van der Waals surface area contributed by atoms with Crippen LogP contribution in [0.4, 0.5) is 0 Å². The van der Waals surface area contributed by atoms with Gasteiger partial charge in [0.15, 0.2) is 0 Å². The zero-order chi connectivity index (χ0) is 9.23. The summed E-state index contributed by atoms with van der Waals surface area (Å²) in [6.45, 7) is 3.83. The number of rotatable bonds is 8. The van der Waals surface area contributed by atoms with Gasteiger partial charge in [-0.25, -0.2) is 0 Å². The molecule has 0 aliphatic rings. The van der Waals surface area contributed by atoms with Gasteiger partial charge in [-0.1, -0.05) is 77.3 Å². The summed E-state index contributed by atoms with van der Waals surface area (Å²) in [4.78, 5) is 0.672. The minimum absolute atomic E-state index is 0.672. The number of hydrogen-bond acceptors (Lipinski definition) is 0. The molecular formula is C10H19Br2.